The quantitative estimate of drug-likeness (QED) is 0.713. The molecule has 1 aromatic rings. The molecule has 9 heteroatoms. The van der Waals surface area contributed by atoms with Crippen LogP contribution in [0.25, 0.3) is 0 Å². The van der Waals surface area contributed by atoms with Gasteiger partial charge in [0.05, 0.1) is 12.2 Å². The molecule has 4 atom stereocenters. The number of aromatic nitrogens is 2. The lowest BCUT2D eigenvalue weighted by Gasteiger charge is -2.27. The molecule has 1 saturated heterocycles. The number of amides is 1. The van der Waals surface area contributed by atoms with Crippen LogP contribution < -0.4 is 11.0 Å². The predicted octanol–water partition coefficient (Wildman–Crippen LogP) is 0.885. The Morgan fingerprint density at radius 1 is 1.27 bits per heavy atom. The summed E-state index contributed by atoms with van der Waals surface area (Å²) in [6.45, 7) is 8.70. The minimum absolute atomic E-state index is 0.139. The van der Waals surface area contributed by atoms with Crippen LogP contribution in [0.2, 0.25) is 0 Å². The number of rotatable bonds is 7. The Morgan fingerprint density at radius 3 is 2.38 bits per heavy atom. The Balaban J connectivity index is 2.37. The predicted molar refractivity (Wildman–Crippen MR) is 92.8 cm³/mol. The lowest BCUT2D eigenvalue weighted by molar-refractivity contribution is -0.127. The highest BCUT2D eigenvalue weighted by Gasteiger charge is 2.48. The Kier molecular flexibility index (Phi) is 6.63. The first-order valence-electron chi connectivity index (χ1n) is 8.51. The highest BCUT2D eigenvalue weighted by molar-refractivity contribution is 5.87. The molecule has 0 saturated carbocycles. The molecule has 0 unspecified atom stereocenters. The Hall–Kier alpha value is -2.10. The van der Waals surface area contributed by atoms with Crippen molar-refractivity contribution in [1.82, 2.24) is 9.55 Å². The number of hydrogen-bond acceptors (Lipinski definition) is 7. The maximum atomic E-state index is 12.4. The number of nitrogens with one attached hydrogen (secondary N) is 1. The van der Waals surface area contributed by atoms with Crippen molar-refractivity contribution in [2.75, 3.05) is 5.32 Å². The number of carbonyl (C=O) groups excluding carboxylic acids is 2. The lowest BCUT2D eigenvalue weighted by Crippen LogP contribution is -2.41. The maximum Gasteiger partial charge on any atom is 0.351 e. The molecule has 2 heterocycles. The molecule has 0 spiro atoms. The largest absolute Gasteiger partial charge is 0.369 e. The van der Waals surface area contributed by atoms with Gasteiger partial charge in [-0.05, 0) is 33.8 Å². The standard InChI is InChI=1S/C17H25N3O6/c1-9(2)24-14-12(8-21)26-16(15(14)25-10(3)4)20-7-6-13(18-11(5)22)19-17(20)23/h6-10,12,14-16H,1-5H3,(H,18,19,22,23)/t12-,14-,15-,16-/m1/s1. The smallest absolute Gasteiger partial charge is 0.351 e. The van der Waals surface area contributed by atoms with Crippen LogP contribution in [0.15, 0.2) is 17.1 Å². The van der Waals surface area contributed by atoms with Gasteiger partial charge in [-0.2, -0.15) is 4.98 Å². The lowest BCUT2D eigenvalue weighted by atomic mass is 10.1. The van der Waals surface area contributed by atoms with Crippen LogP contribution in [0, 0.1) is 0 Å². The SMILES string of the molecule is CC(=O)Nc1ccn([C@@H]2O[C@H](C=O)[C@@H](OC(C)C)[C@H]2OC(C)C)c(=O)n1. The number of carbonyl (C=O) groups is 2. The van der Waals surface area contributed by atoms with Gasteiger partial charge in [-0.1, -0.05) is 0 Å². The average molecular weight is 367 g/mol. The summed E-state index contributed by atoms with van der Waals surface area (Å²) in [6.07, 6.45) is -1.29. The number of anilines is 1. The van der Waals surface area contributed by atoms with Crippen LogP contribution in [-0.2, 0) is 23.8 Å². The molecule has 1 amide bonds. The van der Waals surface area contributed by atoms with Gasteiger partial charge in [0.15, 0.2) is 12.5 Å². The monoisotopic (exact) mass is 367 g/mol. The second-order valence-corrected chi connectivity index (χ2v) is 6.61. The molecule has 1 aliphatic rings. The fourth-order valence-electron chi connectivity index (χ4n) is 2.78. The molecular formula is C17H25N3O6. The minimum atomic E-state index is -0.872. The highest BCUT2D eigenvalue weighted by atomic mass is 16.6. The van der Waals surface area contributed by atoms with Crippen LogP contribution in [0.4, 0.5) is 5.82 Å². The van der Waals surface area contributed by atoms with Crippen LogP contribution in [0.3, 0.4) is 0 Å². The van der Waals surface area contributed by atoms with Gasteiger partial charge in [-0.25, -0.2) is 4.79 Å². The number of ether oxygens (including phenoxy) is 3. The first-order chi connectivity index (χ1) is 12.2. The van der Waals surface area contributed by atoms with Crippen molar-refractivity contribution in [3.8, 4) is 0 Å². The Labute approximate surface area is 151 Å². The number of aldehydes is 1. The number of hydrogen-bond donors (Lipinski definition) is 1. The zero-order valence-electron chi connectivity index (χ0n) is 15.5. The van der Waals surface area contributed by atoms with Gasteiger partial charge >= 0.3 is 5.69 Å². The zero-order chi connectivity index (χ0) is 19.4. The Morgan fingerprint density at radius 2 is 1.88 bits per heavy atom. The van der Waals surface area contributed by atoms with E-state index in [1.54, 1.807) is 0 Å². The first kappa shape index (κ1) is 20.2. The van der Waals surface area contributed by atoms with Crippen molar-refractivity contribution < 1.29 is 23.8 Å². The normalized spacial score (nSPS) is 25.7. The molecule has 0 radical (unpaired) electrons. The zero-order valence-corrected chi connectivity index (χ0v) is 15.5. The van der Waals surface area contributed by atoms with Crippen molar-refractivity contribution in [2.24, 2.45) is 0 Å². The molecular weight excluding hydrogens is 342 g/mol. The topological polar surface area (TPSA) is 109 Å². The van der Waals surface area contributed by atoms with Crippen LogP contribution in [0.5, 0.6) is 0 Å². The van der Waals surface area contributed by atoms with E-state index in [4.69, 9.17) is 14.2 Å². The van der Waals surface area contributed by atoms with Crippen LogP contribution >= 0.6 is 0 Å². The third-order valence-electron chi connectivity index (χ3n) is 3.63. The van der Waals surface area contributed by atoms with Gasteiger partial charge < -0.3 is 24.3 Å². The maximum absolute atomic E-state index is 12.4. The Bertz CT molecular complexity index is 702. The van der Waals surface area contributed by atoms with Crippen molar-refractivity contribution in [3.05, 3.63) is 22.7 Å². The second kappa shape index (κ2) is 8.52. The average Bonchev–Trinajstić information content (AvgIpc) is 2.83. The van der Waals surface area contributed by atoms with Gasteiger partial charge in [-0.15, -0.1) is 0 Å². The van der Waals surface area contributed by atoms with Crippen LogP contribution in [-0.4, -0.2) is 52.3 Å². The minimum Gasteiger partial charge on any atom is -0.369 e. The van der Waals surface area contributed by atoms with Gasteiger partial charge in [0.2, 0.25) is 5.91 Å². The van der Waals surface area contributed by atoms with E-state index in [9.17, 15) is 14.4 Å². The van der Waals surface area contributed by atoms with Crippen LogP contribution in [0.1, 0.15) is 40.8 Å². The van der Waals surface area contributed by atoms with Gasteiger partial charge in [-0.3, -0.25) is 9.36 Å². The van der Waals surface area contributed by atoms with Gasteiger partial charge in [0.25, 0.3) is 0 Å². The second-order valence-electron chi connectivity index (χ2n) is 6.61. The molecule has 1 N–H and O–H groups in total. The van der Waals surface area contributed by atoms with Crippen molar-refractivity contribution >= 4 is 18.0 Å². The molecule has 9 nitrogen and oxygen atoms in total. The summed E-state index contributed by atoms with van der Waals surface area (Å²) < 4.78 is 18.7. The summed E-state index contributed by atoms with van der Waals surface area (Å²) in [5.41, 5.74) is -0.631. The molecule has 1 fully saturated rings. The molecule has 0 aromatic carbocycles. The van der Waals surface area contributed by atoms with Crippen molar-refractivity contribution in [3.63, 3.8) is 0 Å². The van der Waals surface area contributed by atoms with E-state index in [0.29, 0.717) is 6.29 Å². The summed E-state index contributed by atoms with van der Waals surface area (Å²) in [6, 6.07) is 1.48. The number of nitrogens with zero attached hydrogens (tertiary/aromatic N) is 2. The fraction of sp³-hybridized carbons (Fsp3) is 0.647. The van der Waals surface area contributed by atoms with E-state index in [0.717, 1.165) is 0 Å². The third kappa shape index (κ3) is 4.75. The van der Waals surface area contributed by atoms with Gasteiger partial charge in [0, 0.05) is 13.1 Å². The van der Waals surface area contributed by atoms with Gasteiger partial charge in [0.1, 0.15) is 24.1 Å². The molecule has 2 rings (SSSR count). The van der Waals surface area contributed by atoms with E-state index >= 15 is 0 Å². The molecule has 26 heavy (non-hydrogen) atoms. The molecule has 0 aliphatic carbocycles. The fourth-order valence-corrected chi connectivity index (χ4v) is 2.78. The van der Waals surface area contributed by atoms with E-state index < -0.39 is 30.2 Å². The van der Waals surface area contributed by atoms with E-state index in [2.05, 4.69) is 10.3 Å². The molecule has 144 valence electrons. The summed E-state index contributed by atoms with van der Waals surface area (Å²) in [5.74, 6) is -0.195. The summed E-state index contributed by atoms with van der Waals surface area (Å²) in [7, 11) is 0. The summed E-state index contributed by atoms with van der Waals surface area (Å²) in [5, 5.41) is 2.45. The summed E-state index contributed by atoms with van der Waals surface area (Å²) in [4.78, 5) is 38.8. The molecule has 1 aromatic heterocycles. The van der Waals surface area contributed by atoms with E-state index in [1.807, 2.05) is 27.7 Å². The van der Waals surface area contributed by atoms with Crippen molar-refractivity contribution in [1.29, 1.82) is 0 Å². The van der Waals surface area contributed by atoms with E-state index in [-0.39, 0.29) is 23.9 Å². The molecule has 1 aliphatic heterocycles. The first-order valence-corrected chi connectivity index (χ1v) is 8.51. The third-order valence-corrected chi connectivity index (χ3v) is 3.63. The highest BCUT2D eigenvalue weighted by Crippen LogP contribution is 2.33. The van der Waals surface area contributed by atoms with E-state index in [1.165, 1.54) is 23.8 Å². The summed E-state index contributed by atoms with van der Waals surface area (Å²) >= 11 is 0. The molecule has 0 bridgehead atoms. The van der Waals surface area contributed by atoms with Crippen molar-refractivity contribution in [2.45, 2.75) is 71.4 Å².